The third kappa shape index (κ3) is 3.04. The number of aliphatic imine (C=N–C) groups is 1. The lowest BCUT2D eigenvalue weighted by Gasteiger charge is -2.17. The van der Waals surface area contributed by atoms with Gasteiger partial charge in [-0.15, -0.1) is 0 Å². The van der Waals surface area contributed by atoms with Gasteiger partial charge in [0.1, 0.15) is 12.5 Å². The fourth-order valence-electron chi connectivity index (χ4n) is 4.56. The molecule has 0 radical (unpaired) electrons. The van der Waals surface area contributed by atoms with Crippen LogP contribution in [-0.2, 0) is 17.6 Å². The highest BCUT2D eigenvalue weighted by Gasteiger charge is 2.48. The molecule has 4 nitrogen and oxygen atoms in total. The van der Waals surface area contributed by atoms with Gasteiger partial charge < -0.3 is 10.2 Å². The number of carbonyl (C=O) groups excluding carboxylic acids is 1. The molecule has 1 saturated carbocycles. The van der Waals surface area contributed by atoms with Crippen LogP contribution in [0.15, 0.2) is 22.9 Å². The van der Waals surface area contributed by atoms with Crippen LogP contribution in [0, 0.1) is 24.7 Å². The molecule has 3 unspecified atom stereocenters. The number of Topliss-reactive ketones (excluding diaryl/α,β-unsaturated/α-hetero) is 1. The summed E-state index contributed by atoms with van der Waals surface area (Å²) in [6.07, 6.45) is 4.85. The molecule has 1 fully saturated rings. The molecule has 0 aromatic heterocycles. The second-order valence-corrected chi connectivity index (χ2v) is 7.21. The van der Waals surface area contributed by atoms with Crippen molar-refractivity contribution in [1.29, 1.82) is 0 Å². The molecule has 0 saturated heterocycles. The van der Waals surface area contributed by atoms with Gasteiger partial charge in [-0.05, 0) is 55.2 Å². The van der Waals surface area contributed by atoms with Crippen molar-refractivity contribution in [2.24, 2.45) is 22.7 Å². The number of aliphatic hydroxyl groups excluding tert-OH is 2. The SMILES string of the molecule is CCc1cc(C)cc(CC)c1C1=C(O)C2CC(C=NCO)CC2C1=O. The molecular weight excluding hydrogens is 314 g/mol. The Morgan fingerprint density at radius 3 is 2.28 bits per heavy atom. The maximum atomic E-state index is 13.1. The topological polar surface area (TPSA) is 69.9 Å². The Morgan fingerprint density at radius 2 is 1.76 bits per heavy atom. The zero-order chi connectivity index (χ0) is 18.1. The standard InChI is InChI=1S/C21H27NO3/c1-4-14-6-12(3)7-15(5-2)18(14)19-20(24)16-8-13(10-22-11-23)9-17(16)21(19)25/h6-7,10,13,16-17,23-24H,4-5,8-9,11H2,1-3H3. The average molecular weight is 341 g/mol. The molecule has 0 aliphatic heterocycles. The zero-order valence-corrected chi connectivity index (χ0v) is 15.2. The van der Waals surface area contributed by atoms with Crippen molar-refractivity contribution in [2.75, 3.05) is 6.73 Å². The quantitative estimate of drug-likeness (QED) is 0.804. The van der Waals surface area contributed by atoms with E-state index in [1.807, 2.05) is 0 Å². The number of fused-ring (bicyclic) bond motifs is 1. The number of hydrogen-bond acceptors (Lipinski definition) is 4. The Bertz CT molecular complexity index is 723. The van der Waals surface area contributed by atoms with Gasteiger partial charge in [0, 0.05) is 18.1 Å². The Hall–Kier alpha value is -1.94. The molecule has 3 rings (SSSR count). The van der Waals surface area contributed by atoms with Crippen LogP contribution in [0.25, 0.3) is 5.57 Å². The predicted molar refractivity (Wildman–Crippen MR) is 99.8 cm³/mol. The van der Waals surface area contributed by atoms with Gasteiger partial charge in [-0.2, -0.15) is 0 Å². The number of carbonyl (C=O) groups is 1. The summed E-state index contributed by atoms with van der Waals surface area (Å²) in [4.78, 5) is 17.0. The summed E-state index contributed by atoms with van der Waals surface area (Å²) < 4.78 is 0. The third-order valence-corrected chi connectivity index (χ3v) is 5.65. The maximum absolute atomic E-state index is 13.1. The number of ketones is 1. The molecule has 134 valence electrons. The Kier molecular flexibility index (Phi) is 5.09. The second kappa shape index (κ2) is 7.12. The van der Waals surface area contributed by atoms with E-state index in [1.54, 1.807) is 6.21 Å². The van der Waals surface area contributed by atoms with Gasteiger partial charge in [0.25, 0.3) is 0 Å². The summed E-state index contributed by atoms with van der Waals surface area (Å²) in [5.74, 6) is 0.247. The smallest absolute Gasteiger partial charge is 0.170 e. The van der Waals surface area contributed by atoms with Crippen molar-refractivity contribution in [3.63, 3.8) is 0 Å². The van der Waals surface area contributed by atoms with Gasteiger partial charge in [0.2, 0.25) is 0 Å². The van der Waals surface area contributed by atoms with Crippen LogP contribution in [0.5, 0.6) is 0 Å². The van der Waals surface area contributed by atoms with Crippen LogP contribution >= 0.6 is 0 Å². The monoisotopic (exact) mass is 341 g/mol. The van der Waals surface area contributed by atoms with E-state index in [0.717, 1.165) is 36.0 Å². The Labute approximate surface area is 149 Å². The number of allylic oxidation sites excluding steroid dienone is 2. The van der Waals surface area contributed by atoms with E-state index in [-0.39, 0.29) is 36.0 Å². The molecule has 1 aromatic carbocycles. The maximum Gasteiger partial charge on any atom is 0.170 e. The highest BCUT2D eigenvalue weighted by Crippen LogP contribution is 2.50. The molecule has 0 spiro atoms. The molecule has 4 heteroatoms. The average Bonchev–Trinajstić information content (AvgIpc) is 3.12. The van der Waals surface area contributed by atoms with Gasteiger partial charge in [0.05, 0.1) is 5.57 Å². The van der Waals surface area contributed by atoms with Crippen molar-refractivity contribution in [1.82, 2.24) is 0 Å². The van der Waals surface area contributed by atoms with Crippen molar-refractivity contribution >= 4 is 17.6 Å². The molecule has 0 bridgehead atoms. The van der Waals surface area contributed by atoms with Crippen LogP contribution in [0.3, 0.4) is 0 Å². The van der Waals surface area contributed by atoms with E-state index in [1.165, 1.54) is 5.56 Å². The number of nitrogens with zero attached hydrogens (tertiary/aromatic N) is 1. The van der Waals surface area contributed by atoms with Crippen molar-refractivity contribution in [2.45, 2.75) is 46.5 Å². The van der Waals surface area contributed by atoms with Crippen LogP contribution in [0.2, 0.25) is 0 Å². The fraction of sp³-hybridized carbons (Fsp3) is 0.524. The minimum atomic E-state index is -0.226. The summed E-state index contributed by atoms with van der Waals surface area (Å²) >= 11 is 0. The van der Waals surface area contributed by atoms with Gasteiger partial charge in [-0.3, -0.25) is 9.79 Å². The lowest BCUT2D eigenvalue weighted by atomic mass is 9.87. The first-order chi connectivity index (χ1) is 12.0. The lowest BCUT2D eigenvalue weighted by molar-refractivity contribution is -0.117. The van der Waals surface area contributed by atoms with E-state index in [9.17, 15) is 9.90 Å². The van der Waals surface area contributed by atoms with Gasteiger partial charge in [-0.1, -0.05) is 31.5 Å². The molecule has 2 aliphatic rings. The molecular formula is C21H27NO3. The van der Waals surface area contributed by atoms with E-state index in [0.29, 0.717) is 12.0 Å². The normalized spacial score (nSPS) is 26.1. The van der Waals surface area contributed by atoms with Crippen LogP contribution in [0.4, 0.5) is 0 Å². The number of aryl methyl sites for hydroxylation is 3. The first-order valence-corrected chi connectivity index (χ1v) is 9.22. The van der Waals surface area contributed by atoms with E-state index >= 15 is 0 Å². The largest absolute Gasteiger partial charge is 0.511 e. The minimum Gasteiger partial charge on any atom is -0.511 e. The van der Waals surface area contributed by atoms with Gasteiger partial charge in [-0.25, -0.2) is 0 Å². The van der Waals surface area contributed by atoms with Crippen LogP contribution in [0.1, 0.15) is 48.9 Å². The van der Waals surface area contributed by atoms with Crippen LogP contribution in [-0.4, -0.2) is 28.9 Å². The summed E-state index contributed by atoms with van der Waals surface area (Å²) in [6.45, 7) is 6.04. The summed E-state index contributed by atoms with van der Waals surface area (Å²) in [5, 5.41) is 19.7. The molecule has 25 heavy (non-hydrogen) atoms. The Balaban J connectivity index is 2.04. The summed E-state index contributed by atoms with van der Waals surface area (Å²) in [6, 6.07) is 4.26. The highest BCUT2D eigenvalue weighted by molar-refractivity contribution is 6.25. The second-order valence-electron chi connectivity index (χ2n) is 7.21. The van der Waals surface area contributed by atoms with E-state index < -0.39 is 0 Å². The van der Waals surface area contributed by atoms with E-state index in [4.69, 9.17) is 5.11 Å². The van der Waals surface area contributed by atoms with Crippen LogP contribution < -0.4 is 0 Å². The highest BCUT2D eigenvalue weighted by atomic mass is 16.3. The molecule has 2 N–H and O–H groups in total. The third-order valence-electron chi connectivity index (χ3n) is 5.65. The molecule has 1 aromatic rings. The van der Waals surface area contributed by atoms with Gasteiger partial charge >= 0.3 is 0 Å². The zero-order valence-electron chi connectivity index (χ0n) is 15.2. The predicted octanol–water partition coefficient (Wildman–Crippen LogP) is 3.63. The summed E-state index contributed by atoms with van der Waals surface area (Å²) in [7, 11) is 0. The van der Waals surface area contributed by atoms with Gasteiger partial charge in [0.15, 0.2) is 5.78 Å². The molecule has 0 heterocycles. The first kappa shape index (κ1) is 17.9. The van der Waals surface area contributed by atoms with Crippen molar-refractivity contribution < 1.29 is 15.0 Å². The molecule has 0 amide bonds. The fourth-order valence-corrected chi connectivity index (χ4v) is 4.56. The number of rotatable bonds is 5. The minimum absolute atomic E-state index is 0.0793. The Morgan fingerprint density at radius 1 is 1.16 bits per heavy atom. The van der Waals surface area contributed by atoms with E-state index in [2.05, 4.69) is 37.9 Å². The number of benzene rings is 1. The molecule has 3 atom stereocenters. The summed E-state index contributed by atoms with van der Waals surface area (Å²) in [5.41, 5.74) is 5.01. The van der Waals surface area contributed by atoms with Crippen molar-refractivity contribution in [3.8, 4) is 0 Å². The lowest BCUT2D eigenvalue weighted by Crippen LogP contribution is -2.13. The first-order valence-electron chi connectivity index (χ1n) is 9.22. The van der Waals surface area contributed by atoms with Crippen molar-refractivity contribution in [3.05, 3.63) is 40.1 Å². The number of aliphatic hydroxyl groups is 2. The number of hydrogen-bond donors (Lipinski definition) is 2. The molecule has 2 aliphatic carbocycles.